The second-order valence-corrected chi connectivity index (χ2v) is 4.10. The van der Waals surface area contributed by atoms with Gasteiger partial charge in [0.05, 0.1) is 6.04 Å². The molecule has 1 atom stereocenters. The third-order valence-corrected chi connectivity index (χ3v) is 2.74. The summed E-state index contributed by atoms with van der Waals surface area (Å²) in [5, 5.41) is 0. The molecule has 68 valence electrons. The Morgan fingerprint density at radius 1 is 1.46 bits per heavy atom. The third-order valence-electron chi connectivity index (χ3n) is 2.25. The summed E-state index contributed by atoms with van der Waals surface area (Å²) in [4.78, 5) is 2.07. The summed E-state index contributed by atoms with van der Waals surface area (Å²) >= 11 is 3.44. The fourth-order valence-electron chi connectivity index (χ4n) is 1.52. The van der Waals surface area contributed by atoms with Crippen molar-refractivity contribution in [3.8, 4) is 0 Å². The smallest absolute Gasteiger partial charge is 0.0519 e. The van der Waals surface area contributed by atoms with Crippen molar-refractivity contribution >= 4 is 21.6 Å². The minimum absolute atomic E-state index is 0.0173. The normalized spacial score (nSPS) is 20.2. The van der Waals surface area contributed by atoms with Gasteiger partial charge in [0.1, 0.15) is 0 Å². The zero-order valence-corrected chi connectivity index (χ0v) is 8.95. The van der Waals surface area contributed by atoms with Crippen LogP contribution < -0.4 is 10.6 Å². The molecule has 0 saturated heterocycles. The van der Waals surface area contributed by atoms with Crippen molar-refractivity contribution in [1.29, 1.82) is 0 Å². The lowest BCUT2D eigenvalue weighted by atomic mass is 10.0. The standard InChI is InChI=1S/C10H11BrN2/c1-13-5-4-9(12)8-6-7(11)2-3-10(8)13/h2-6,9H,12H2,1H3. The Morgan fingerprint density at radius 3 is 3.00 bits per heavy atom. The highest BCUT2D eigenvalue weighted by Gasteiger charge is 2.15. The zero-order valence-electron chi connectivity index (χ0n) is 7.37. The Balaban J connectivity index is 2.56. The quantitative estimate of drug-likeness (QED) is 0.753. The predicted octanol–water partition coefficient (Wildman–Crippen LogP) is 2.41. The topological polar surface area (TPSA) is 29.3 Å². The number of rotatable bonds is 0. The van der Waals surface area contributed by atoms with Crippen LogP contribution in [-0.2, 0) is 0 Å². The Labute approximate surface area is 86.2 Å². The van der Waals surface area contributed by atoms with Crippen molar-refractivity contribution in [2.24, 2.45) is 5.73 Å². The van der Waals surface area contributed by atoms with E-state index >= 15 is 0 Å². The number of hydrogen-bond donors (Lipinski definition) is 1. The maximum atomic E-state index is 5.94. The van der Waals surface area contributed by atoms with Gasteiger partial charge in [-0.2, -0.15) is 0 Å². The van der Waals surface area contributed by atoms with E-state index in [-0.39, 0.29) is 6.04 Å². The molecular formula is C10H11BrN2. The van der Waals surface area contributed by atoms with Crippen molar-refractivity contribution in [3.05, 3.63) is 40.5 Å². The summed E-state index contributed by atoms with van der Waals surface area (Å²) < 4.78 is 1.07. The molecule has 0 bridgehead atoms. The van der Waals surface area contributed by atoms with E-state index in [1.54, 1.807) is 0 Å². The van der Waals surface area contributed by atoms with Crippen LogP contribution in [-0.4, -0.2) is 7.05 Å². The number of fused-ring (bicyclic) bond motifs is 1. The molecule has 13 heavy (non-hydrogen) atoms. The molecule has 1 aromatic rings. The molecule has 0 aliphatic carbocycles. The van der Waals surface area contributed by atoms with Crippen LogP contribution in [0.3, 0.4) is 0 Å². The van der Waals surface area contributed by atoms with Crippen LogP contribution in [0.15, 0.2) is 34.9 Å². The lowest BCUT2D eigenvalue weighted by Crippen LogP contribution is -2.20. The van der Waals surface area contributed by atoms with Crippen LogP contribution in [0.25, 0.3) is 0 Å². The molecule has 1 aromatic carbocycles. The molecule has 1 heterocycles. The molecular weight excluding hydrogens is 228 g/mol. The van der Waals surface area contributed by atoms with E-state index in [4.69, 9.17) is 5.73 Å². The Bertz CT molecular complexity index is 360. The second-order valence-electron chi connectivity index (χ2n) is 3.18. The first-order chi connectivity index (χ1) is 6.18. The number of benzene rings is 1. The van der Waals surface area contributed by atoms with Gasteiger partial charge < -0.3 is 10.6 Å². The molecule has 2 N–H and O–H groups in total. The van der Waals surface area contributed by atoms with Gasteiger partial charge in [0.15, 0.2) is 0 Å². The van der Waals surface area contributed by atoms with E-state index in [1.165, 1.54) is 11.3 Å². The number of nitrogens with zero attached hydrogens (tertiary/aromatic N) is 1. The molecule has 1 aliphatic rings. The number of nitrogens with two attached hydrogens (primary N) is 1. The van der Waals surface area contributed by atoms with Crippen LogP contribution in [0.5, 0.6) is 0 Å². The van der Waals surface area contributed by atoms with Crippen LogP contribution in [0.2, 0.25) is 0 Å². The van der Waals surface area contributed by atoms with Crippen LogP contribution in [0.1, 0.15) is 11.6 Å². The van der Waals surface area contributed by atoms with Gasteiger partial charge in [0.2, 0.25) is 0 Å². The zero-order chi connectivity index (χ0) is 9.42. The maximum Gasteiger partial charge on any atom is 0.0519 e. The summed E-state index contributed by atoms with van der Waals surface area (Å²) in [5.41, 5.74) is 8.29. The number of anilines is 1. The maximum absolute atomic E-state index is 5.94. The Hall–Kier alpha value is -0.800. The van der Waals surface area contributed by atoms with Gasteiger partial charge in [0, 0.05) is 23.4 Å². The van der Waals surface area contributed by atoms with Gasteiger partial charge in [-0.15, -0.1) is 0 Å². The van der Waals surface area contributed by atoms with Crippen LogP contribution in [0, 0.1) is 0 Å². The van der Waals surface area contributed by atoms with Crippen molar-refractivity contribution < 1.29 is 0 Å². The first-order valence-electron chi connectivity index (χ1n) is 4.14. The predicted molar refractivity (Wildman–Crippen MR) is 58.6 cm³/mol. The number of hydrogen-bond acceptors (Lipinski definition) is 2. The fraction of sp³-hybridized carbons (Fsp3) is 0.200. The highest BCUT2D eigenvalue weighted by molar-refractivity contribution is 9.10. The molecule has 0 spiro atoms. The summed E-state index contributed by atoms with van der Waals surface area (Å²) in [6, 6.07) is 6.19. The molecule has 0 saturated carbocycles. The molecule has 0 fully saturated rings. The van der Waals surface area contributed by atoms with E-state index in [2.05, 4.69) is 33.0 Å². The molecule has 3 heteroatoms. The highest BCUT2D eigenvalue weighted by atomic mass is 79.9. The molecule has 0 amide bonds. The van der Waals surface area contributed by atoms with E-state index < -0.39 is 0 Å². The van der Waals surface area contributed by atoms with Gasteiger partial charge in [-0.05, 0) is 29.8 Å². The molecule has 2 rings (SSSR count). The molecule has 0 radical (unpaired) electrons. The summed E-state index contributed by atoms with van der Waals surface area (Å²) in [7, 11) is 2.02. The van der Waals surface area contributed by atoms with E-state index in [1.807, 2.05) is 25.4 Å². The SMILES string of the molecule is CN1C=CC(N)c2cc(Br)ccc21. The van der Waals surface area contributed by atoms with E-state index in [9.17, 15) is 0 Å². The van der Waals surface area contributed by atoms with Gasteiger partial charge >= 0.3 is 0 Å². The van der Waals surface area contributed by atoms with Gasteiger partial charge in [-0.1, -0.05) is 15.9 Å². The summed E-state index contributed by atoms with van der Waals surface area (Å²) in [6.45, 7) is 0. The highest BCUT2D eigenvalue weighted by Crippen LogP contribution is 2.31. The van der Waals surface area contributed by atoms with Gasteiger partial charge in [-0.25, -0.2) is 0 Å². The minimum atomic E-state index is 0.0173. The minimum Gasteiger partial charge on any atom is -0.351 e. The summed E-state index contributed by atoms with van der Waals surface area (Å²) in [6.07, 6.45) is 4.00. The largest absolute Gasteiger partial charge is 0.351 e. The van der Waals surface area contributed by atoms with Crippen molar-refractivity contribution in [3.63, 3.8) is 0 Å². The third kappa shape index (κ3) is 1.49. The molecule has 2 nitrogen and oxygen atoms in total. The second kappa shape index (κ2) is 3.16. The number of halogens is 1. The van der Waals surface area contributed by atoms with Gasteiger partial charge in [0.25, 0.3) is 0 Å². The average molecular weight is 239 g/mol. The van der Waals surface area contributed by atoms with Crippen molar-refractivity contribution in [1.82, 2.24) is 0 Å². The van der Waals surface area contributed by atoms with Crippen LogP contribution >= 0.6 is 15.9 Å². The molecule has 1 aliphatic heterocycles. The van der Waals surface area contributed by atoms with Crippen LogP contribution in [0.4, 0.5) is 5.69 Å². The van der Waals surface area contributed by atoms with Crippen molar-refractivity contribution in [2.45, 2.75) is 6.04 Å². The van der Waals surface area contributed by atoms with E-state index in [0.29, 0.717) is 0 Å². The molecule has 1 unspecified atom stereocenters. The van der Waals surface area contributed by atoms with Crippen molar-refractivity contribution in [2.75, 3.05) is 11.9 Å². The van der Waals surface area contributed by atoms with E-state index in [0.717, 1.165) is 4.47 Å². The average Bonchev–Trinajstić information content (AvgIpc) is 2.12. The molecule has 0 aromatic heterocycles. The summed E-state index contributed by atoms with van der Waals surface area (Å²) in [5.74, 6) is 0. The monoisotopic (exact) mass is 238 g/mol. The first kappa shape index (κ1) is 8.78. The lowest BCUT2D eigenvalue weighted by molar-refractivity contribution is 0.875. The Kier molecular flexibility index (Phi) is 2.14. The fourth-order valence-corrected chi connectivity index (χ4v) is 1.90. The lowest BCUT2D eigenvalue weighted by Gasteiger charge is -2.25. The first-order valence-corrected chi connectivity index (χ1v) is 4.94. The Morgan fingerprint density at radius 2 is 2.23 bits per heavy atom. The van der Waals surface area contributed by atoms with Gasteiger partial charge in [-0.3, -0.25) is 0 Å².